The first-order valence-electron chi connectivity index (χ1n) is 15.5. The van der Waals surface area contributed by atoms with Gasteiger partial charge in [0.2, 0.25) is 0 Å². The van der Waals surface area contributed by atoms with Crippen LogP contribution in [0, 0.1) is 0 Å². The second kappa shape index (κ2) is 14.8. The SMILES string of the molecule is CC(CNCCCN1CCN(C(c2ccccc2)c2ccccc2)CC1)c1cc(-c2ccc(C(F)(F)F)cc2)nc(C(F)(F)F)c1. The minimum atomic E-state index is -4.68. The minimum Gasteiger partial charge on any atom is -0.316 e. The fourth-order valence-corrected chi connectivity index (χ4v) is 5.95. The third-order valence-corrected chi connectivity index (χ3v) is 8.50. The molecule has 3 aromatic carbocycles. The fourth-order valence-electron chi connectivity index (χ4n) is 5.95. The first-order chi connectivity index (χ1) is 22.0. The highest BCUT2D eigenvalue weighted by Gasteiger charge is 2.34. The van der Waals surface area contributed by atoms with Gasteiger partial charge in [0.1, 0.15) is 5.69 Å². The molecule has 1 unspecified atom stereocenters. The predicted octanol–water partition coefficient (Wildman–Crippen LogP) is 8.28. The molecule has 0 bridgehead atoms. The van der Waals surface area contributed by atoms with Gasteiger partial charge in [-0.15, -0.1) is 0 Å². The van der Waals surface area contributed by atoms with Gasteiger partial charge in [0, 0.05) is 38.3 Å². The lowest BCUT2D eigenvalue weighted by Crippen LogP contribution is -2.48. The van der Waals surface area contributed by atoms with E-state index in [1.165, 1.54) is 17.2 Å². The summed E-state index contributed by atoms with van der Waals surface area (Å²) in [6.07, 6.45) is -8.32. The molecule has 1 aliphatic heterocycles. The number of hydrogen-bond donors (Lipinski definition) is 1. The van der Waals surface area contributed by atoms with E-state index in [0.717, 1.165) is 69.5 Å². The molecule has 1 atom stereocenters. The van der Waals surface area contributed by atoms with Crippen molar-refractivity contribution in [1.82, 2.24) is 20.1 Å². The molecule has 1 N–H and O–H groups in total. The molecule has 10 heteroatoms. The molecule has 0 saturated carbocycles. The molecule has 0 spiro atoms. The minimum absolute atomic E-state index is 0.00805. The number of halogens is 6. The molecule has 244 valence electrons. The Morgan fingerprint density at radius 1 is 0.717 bits per heavy atom. The van der Waals surface area contributed by atoms with E-state index in [1.54, 1.807) is 0 Å². The van der Waals surface area contributed by atoms with Crippen LogP contribution in [0.2, 0.25) is 0 Å². The molecule has 0 radical (unpaired) electrons. The summed E-state index contributed by atoms with van der Waals surface area (Å²) in [4.78, 5) is 8.71. The number of nitrogens with zero attached hydrogens (tertiary/aromatic N) is 3. The molecular weight excluding hydrogens is 602 g/mol. The maximum Gasteiger partial charge on any atom is 0.433 e. The zero-order chi connectivity index (χ0) is 32.7. The lowest BCUT2D eigenvalue weighted by Gasteiger charge is -2.40. The van der Waals surface area contributed by atoms with Gasteiger partial charge >= 0.3 is 12.4 Å². The van der Waals surface area contributed by atoms with Crippen molar-refractivity contribution < 1.29 is 26.3 Å². The van der Waals surface area contributed by atoms with Gasteiger partial charge < -0.3 is 10.2 Å². The summed E-state index contributed by atoms with van der Waals surface area (Å²) in [6, 6.07) is 27.9. The third-order valence-electron chi connectivity index (χ3n) is 8.50. The molecule has 1 aromatic heterocycles. The number of piperazine rings is 1. The van der Waals surface area contributed by atoms with E-state index in [1.807, 2.05) is 19.1 Å². The highest BCUT2D eigenvalue weighted by atomic mass is 19.4. The van der Waals surface area contributed by atoms with Crippen molar-refractivity contribution in [2.24, 2.45) is 0 Å². The van der Waals surface area contributed by atoms with Crippen molar-refractivity contribution in [3.05, 3.63) is 125 Å². The molecule has 1 saturated heterocycles. The second-order valence-corrected chi connectivity index (χ2v) is 11.8. The van der Waals surface area contributed by atoms with E-state index in [9.17, 15) is 26.3 Å². The lowest BCUT2D eigenvalue weighted by molar-refractivity contribution is -0.141. The van der Waals surface area contributed by atoms with Crippen LogP contribution in [0.15, 0.2) is 97.1 Å². The van der Waals surface area contributed by atoms with Crippen LogP contribution in [0.4, 0.5) is 26.3 Å². The summed E-state index contributed by atoms with van der Waals surface area (Å²) >= 11 is 0. The molecule has 0 aliphatic carbocycles. The average molecular weight is 641 g/mol. The van der Waals surface area contributed by atoms with Crippen LogP contribution in [-0.2, 0) is 12.4 Å². The summed E-state index contributed by atoms with van der Waals surface area (Å²) in [5, 5.41) is 3.37. The molecule has 0 amide bonds. The Labute approximate surface area is 266 Å². The number of benzene rings is 3. The quantitative estimate of drug-likeness (QED) is 0.132. The maximum atomic E-state index is 13.7. The van der Waals surface area contributed by atoms with Gasteiger partial charge in [-0.2, -0.15) is 26.3 Å². The number of rotatable bonds is 11. The van der Waals surface area contributed by atoms with Crippen LogP contribution in [0.1, 0.15) is 53.3 Å². The number of nitrogens with one attached hydrogen (secondary N) is 1. The van der Waals surface area contributed by atoms with E-state index in [4.69, 9.17) is 0 Å². The Morgan fingerprint density at radius 2 is 1.30 bits per heavy atom. The van der Waals surface area contributed by atoms with Gasteiger partial charge in [0.05, 0.1) is 17.3 Å². The van der Waals surface area contributed by atoms with Gasteiger partial charge in [-0.3, -0.25) is 4.90 Å². The number of hydrogen-bond acceptors (Lipinski definition) is 4. The number of aromatic nitrogens is 1. The van der Waals surface area contributed by atoms with Crippen molar-refractivity contribution >= 4 is 0 Å². The third kappa shape index (κ3) is 8.74. The van der Waals surface area contributed by atoms with Crippen molar-refractivity contribution in [2.45, 2.75) is 37.7 Å². The Morgan fingerprint density at radius 3 is 1.85 bits per heavy atom. The van der Waals surface area contributed by atoms with Crippen LogP contribution in [0.3, 0.4) is 0 Å². The fraction of sp³-hybridized carbons (Fsp3) is 0.361. The molecule has 4 aromatic rings. The van der Waals surface area contributed by atoms with Crippen LogP contribution < -0.4 is 5.32 Å². The molecule has 1 fully saturated rings. The van der Waals surface area contributed by atoms with E-state index < -0.39 is 23.6 Å². The monoisotopic (exact) mass is 640 g/mol. The standard InChI is InChI=1S/C36H38F6N4/c1-26(30-23-32(44-33(24-30)36(40,41)42)27-13-15-31(16-14-27)35(37,38)39)25-43-17-8-18-45-19-21-46(22-20-45)34(28-9-4-2-5-10-28)29-11-6-3-7-12-29/h2-7,9-16,23-24,26,34,43H,8,17-22,25H2,1H3. The summed E-state index contributed by atoms with van der Waals surface area (Å²) in [7, 11) is 0. The molecular formula is C36H38F6N4. The topological polar surface area (TPSA) is 31.4 Å². The zero-order valence-corrected chi connectivity index (χ0v) is 25.7. The predicted molar refractivity (Wildman–Crippen MR) is 168 cm³/mol. The van der Waals surface area contributed by atoms with Crippen LogP contribution in [-0.4, -0.2) is 60.6 Å². The first kappa shape index (κ1) is 33.6. The van der Waals surface area contributed by atoms with Crippen molar-refractivity contribution in [2.75, 3.05) is 45.8 Å². The summed E-state index contributed by atoms with van der Waals surface area (Å²) < 4.78 is 80.0. The second-order valence-electron chi connectivity index (χ2n) is 11.8. The van der Waals surface area contributed by atoms with Crippen LogP contribution >= 0.6 is 0 Å². The molecule has 1 aliphatic rings. The first-order valence-corrected chi connectivity index (χ1v) is 15.5. The van der Waals surface area contributed by atoms with Crippen molar-refractivity contribution in [1.29, 1.82) is 0 Å². The molecule has 5 rings (SSSR count). The van der Waals surface area contributed by atoms with Gasteiger partial charge in [0.25, 0.3) is 0 Å². The Kier molecular flexibility index (Phi) is 10.8. The Bertz CT molecular complexity index is 1480. The zero-order valence-electron chi connectivity index (χ0n) is 25.7. The molecule has 46 heavy (non-hydrogen) atoms. The lowest BCUT2D eigenvalue weighted by atomic mass is 9.96. The van der Waals surface area contributed by atoms with Crippen LogP contribution in [0.25, 0.3) is 11.3 Å². The normalized spacial score (nSPS) is 15.7. The molecule has 2 heterocycles. The smallest absolute Gasteiger partial charge is 0.316 e. The van der Waals surface area contributed by atoms with Gasteiger partial charge in [-0.25, -0.2) is 4.98 Å². The van der Waals surface area contributed by atoms with E-state index in [0.29, 0.717) is 18.7 Å². The summed E-state index contributed by atoms with van der Waals surface area (Å²) in [5.74, 6) is -0.270. The highest BCUT2D eigenvalue weighted by molar-refractivity contribution is 5.61. The van der Waals surface area contributed by atoms with Gasteiger partial charge in [-0.1, -0.05) is 79.7 Å². The highest BCUT2D eigenvalue weighted by Crippen LogP contribution is 2.35. The van der Waals surface area contributed by atoms with Crippen molar-refractivity contribution in [3.8, 4) is 11.3 Å². The van der Waals surface area contributed by atoms with Gasteiger partial charge in [-0.05, 0) is 66.4 Å². The molecule has 4 nitrogen and oxygen atoms in total. The largest absolute Gasteiger partial charge is 0.433 e. The van der Waals surface area contributed by atoms with E-state index in [2.05, 4.69) is 68.6 Å². The Balaban J connectivity index is 1.12. The summed E-state index contributed by atoms with van der Waals surface area (Å²) in [6.45, 7) is 7.72. The van der Waals surface area contributed by atoms with Crippen molar-refractivity contribution in [3.63, 3.8) is 0 Å². The number of alkyl halides is 6. The summed E-state index contributed by atoms with van der Waals surface area (Å²) in [5.41, 5.74) is 1.24. The van der Waals surface area contributed by atoms with Gasteiger partial charge in [0.15, 0.2) is 0 Å². The van der Waals surface area contributed by atoms with E-state index in [-0.39, 0.29) is 23.2 Å². The Hall–Kier alpha value is -3.73. The average Bonchev–Trinajstić information content (AvgIpc) is 3.05. The maximum absolute atomic E-state index is 13.7. The number of pyridine rings is 1. The van der Waals surface area contributed by atoms with Crippen LogP contribution in [0.5, 0.6) is 0 Å². The van der Waals surface area contributed by atoms with E-state index >= 15 is 0 Å².